The van der Waals surface area contributed by atoms with Crippen LogP contribution in [-0.2, 0) is 16.6 Å². The molecule has 0 bridgehead atoms. The van der Waals surface area contributed by atoms with Crippen molar-refractivity contribution in [3.8, 4) is 5.75 Å². The average molecular weight is 309 g/mol. The SMILES string of the molecule is COc1cccc(CN(C)S(=O)(=O)c2ccccc2F)c1. The average Bonchev–Trinajstić information content (AvgIpc) is 2.47. The van der Waals surface area contributed by atoms with Gasteiger partial charge in [0.2, 0.25) is 10.0 Å². The number of hydrogen-bond acceptors (Lipinski definition) is 3. The quantitative estimate of drug-likeness (QED) is 0.853. The van der Waals surface area contributed by atoms with E-state index in [0.29, 0.717) is 5.75 Å². The lowest BCUT2D eigenvalue weighted by atomic mass is 10.2. The molecule has 0 heterocycles. The van der Waals surface area contributed by atoms with Gasteiger partial charge in [0.05, 0.1) is 7.11 Å². The van der Waals surface area contributed by atoms with Gasteiger partial charge in [0, 0.05) is 13.6 Å². The van der Waals surface area contributed by atoms with Gasteiger partial charge in [-0.05, 0) is 29.8 Å². The molecule has 0 saturated carbocycles. The Labute approximate surface area is 123 Å². The summed E-state index contributed by atoms with van der Waals surface area (Å²) in [6, 6.07) is 12.4. The van der Waals surface area contributed by atoms with Gasteiger partial charge < -0.3 is 4.74 Å². The fourth-order valence-corrected chi connectivity index (χ4v) is 3.15. The van der Waals surface area contributed by atoms with Crippen LogP contribution in [0.4, 0.5) is 4.39 Å². The lowest BCUT2D eigenvalue weighted by Crippen LogP contribution is -2.27. The number of sulfonamides is 1. The third-order valence-corrected chi connectivity index (χ3v) is 4.90. The molecule has 0 spiro atoms. The monoisotopic (exact) mass is 309 g/mol. The molecule has 0 aliphatic heterocycles. The number of nitrogens with zero attached hydrogens (tertiary/aromatic N) is 1. The molecule has 0 aliphatic carbocycles. The van der Waals surface area contributed by atoms with Crippen molar-refractivity contribution < 1.29 is 17.5 Å². The second-order valence-electron chi connectivity index (χ2n) is 4.54. The van der Waals surface area contributed by atoms with Crippen LogP contribution in [0.5, 0.6) is 5.75 Å². The Kier molecular flexibility index (Phi) is 4.59. The number of methoxy groups -OCH3 is 1. The van der Waals surface area contributed by atoms with E-state index in [2.05, 4.69) is 0 Å². The number of rotatable bonds is 5. The fraction of sp³-hybridized carbons (Fsp3) is 0.200. The van der Waals surface area contributed by atoms with Gasteiger partial charge in [-0.25, -0.2) is 12.8 Å². The first kappa shape index (κ1) is 15.5. The summed E-state index contributed by atoms with van der Waals surface area (Å²) in [4.78, 5) is -0.324. The van der Waals surface area contributed by atoms with Gasteiger partial charge in [0.1, 0.15) is 16.5 Å². The molecule has 112 valence electrons. The summed E-state index contributed by atoms with van der Waals surface area (Å²) in [5, 5.41) is 0. The Bertz CT molecular complexity index is 731. The smallest absolute Gasteiger partial charge is 0.246 e. The van der Waals surface area contributed by atoms with Gasteiger partial charge in [0.25, 0.3) is 0 Å². The van der Waals surface area contributed by atoms with Gasteiger partial charge in [0.15, 0.2) is 0 Å². The molecule has 0 N–H and O–H groups in total. The predicted molar refractivity (Wildman–Crippen MR) is 78.0 cm³/mol. The zero-order chi connectivity index (χ0) is 15.5. The Morgan fingerprint density at radius 1 is 1.14 bits per heavy atom. The normalized spacial score (nSPS) is 11.6. The maximum atomic E-state index is 13.7. The third-order valence-electron chi connectivity index (χ3n) is 3.06. The lowest BCUT2D eigenvalue weighted by Gasteiger charge is -2.18. The Morgan fingerprint density at radius 2 is 1.86 bits per heavy atom. The Morgan fingerprint density at radius 3 is 2.52 bits per heavy atom. The minimum absolute atomic E-state index is 0.133. The lowest BCUT2D eigenvalue weighted by molar-refractivity contribution is 0.412. The number of hydrogen-bond donors (Lipinski definition) is 0. The summed E-state index contributed by atoms with van der Waals surface area (Å²) < 4.78 is 44.6. The van der Waals surface area contributed by atoms with Crippen LogP contribution in [0, 0.1) is 5.82 Å². The van der Waals surface area contributed by atoms with Crippen LogP contribution in [0.15, 0.2) is 53.4 Å². The summed E-state index contributed by atoms with van der Waals surface area (Å²) in [5.41, 5.74) is 0.761. The summed E-state index contributed by atoms with van der Waals surface area (Å²) in [6.07, 6.45) is 0. The topological polar surface area (TPSA) is 46.6 Å². The number of ether oxygens (including phenoxy) is 1. The van der Waals surface area contributed by atoms with Gasteiger partial charge in [-0.15, -0.1) is 0 Å². The van der Waals surface area contributed by atoms with E-state index in [9.17, 15) is 12.8 Å². The van der Waals surface area contributed by atoms with E-state index >= 15 is 0 Å². The van der Waals surface area contributed by atoms with Crippen LogP contribution >= 0.6 is 0 Å². The molecular weight excluding hydrogens is 293 g/mol. The highest BCUT2D eigenvalue weighted by molar-refractivity contribution is 7.89. The zero-order valence-corrected chi connectivity index (χ0v) is 12.6. The zero-order valence-electron chi connectivity index (χ0n) is 11.8. The van der Waals surface area contributed by atoms with Crippen molar-refractivity contribution in [1.29, 1.82) is 0 Å². The molecule has 6 heteroatoms. The Hall–Kier alpha value is -1.92. The molecule has 2 aromatic rings. The maximum absolute atomic E-state index is 13.7. The highest BCUT2D eigenvalue weighted by Gasteiger charge is 2.24. The van der Waals surface area contributed by atoms with E-state index in [0.717, 1.165) is 15.9 Å². The molecule has 0 aromatic heterocycles. The van der Waals surface area contributed by atoms with Gasteiger partial charge in [-0.3, -0.25) is 0 Å². The number of halogens is 1. The van der Waals surface area contributed by atoms with Crippen molar-refractivity contribution in [3.63, 3.8) is 0 Å². The molecule has 0 amide bonds. The minimum Gasteiger partial charge on any atom is -0.497 e. The predicted octanol–water partition coefficient (Wildman–Crippen LogP) is 2.66. The van der Waals surface area contributed by atoms with Crippen molar-refractivity contribution in [2.75, 3.05) is 14.2 Å². The van der Waals surface area contributed by atoms with E-state index in [1.165, 1.54) is 25.2 Å². The summed E-state index contributed by atoms with van der Waals surface area (Å²) in [6.45, 7) is 0.133. The van der Waals surface area contributed by atoms with Crippen LogP contribution < -0.4 is 4.74 Å². The number of benzene rings is 2. The molecule has 4 nitrogen and oxygen atoms in total. The van der Waals surface area contributed by atoms with Crippen molar-refractivity contribution in [2.24, 2.45) is 0 Å². The van der Waals surface area contributed by atoms with Crippen molar-refractivity contribution in [3.05, 3.63) is 59.9 Å². The first-order valence-electron chi connectivity index (χ1n) is 6.29. The highest BCUT2D eigenvalue weighted by Crippen LogP contribution is 2.21. The van der Waals surface area contributed by atoms with Gasteiger partial charge in [-0.2, -0.15) is 4.31 Å². The van der Waals surface area contributed by atoms with Crippen LogP contribution in [0.2, 0.25) is 0 Å². The summed E-state index contributed by atoms with van der Waals surface area (Å²) in [5.74, 6) is -0.112. The van der Waals surface area contributed by atoms with Crippen LogP contribution in [0.1, 0.15) is 5.56 Å². The second-order valence-corrected chi connectivity index (χ2v) is 6.56. The second kappa shape index (κ2) is 6.24. The standard InChI is InChI=1S/C15H16FNO3S/c1-17(11-12-6-5-7-13(10-12)20-2)21(18,19)15-9-4-3-8-14(15)16/h3-10H,11H2,1-2H3. The van der Waals surface area contributed by atoms with E-state index in [1.54, 1.807) is 31.4 Å². The van der Waals surface area contributed by atoms with Crippen molar-refractivity contribution >= 4 is 10.0 Å². The molecule has 0 unspecified atom stereocenters. The third kappa shape index (κ3) is 3.40. The molecule has 2 aromatic carbocycles. The van der Waals surface area contributed by atoms with Gasteiger partial charge in [-0.1, -0.05) is 24.3 Å². The minimum atomic E-state index is -3.87. The molecule has 21 heavy (non-hydrogen) atoms. The van der Waals surface area contributed by atoms with E-state index < -0.39 is 15.8 Å². The molecule has 0 radical (unpaired) electrons. The summed E-state index contributed by atoms with van der Waals surface area (Å²) in [7, 11) is -0.911. The van der Waals surface area contributed by atoms with Crippen LogP contribution in [0.25, 0.3) is 0 Å². The first-order valence-corrected chi connectivity index (χ1v) is 7.73. The molecule has 2 rings (SSSR count). The van der Waals surface area contributed by atoms with Gasteiger partial charge >= 0.3 is 0 Å². The summed E-state index contributed by atoms with van der Waals surface area (Å²) >= 11 is 0. The molecule has 0 fully saturated rings. The maximum Gasteiger partial charge on any atom is 0.246 e. The van der Waals surface area contributed by atoms with Crippen LogP contribution in [-0.4, -0.2) is 26.9 Å². The molecule has 0 aliphatic rings. The molecular formula is C15H16FNO3S. The molecule has 0 atom stereocenters. The van der Waals surface area contributed by atoms with E-state index in [4.69, 9.17) is 4.74 Å². The largest absolute Gasteiger partial charge is 0.497 e. The van der Waals surface area contributed by atoms with E-state index in [-0.39, 0.29) is 11.4 Å². The molecule has 0 saturated heterocycles. The van der Waals surface area contributed by atoms with Crippen LogP contribution in [0.3, 0.4) is 0 Å². The van der Waals surface area contributed by atoms with Crippen molar-refractivity contribution in [1.82, 2.24) is 4.31 Å². The van der Waals surface area contributed by atoms with Crippen molar-refractivity contribution in [2.45, 2.75) is 11.4 Å². The highest BCUT2D eigenvalue weighted by atomic mass is 32.2. The fourth-order valence-electron chi connectivity index (χ4n) is 1.93. The first-order chi connectivity index (χ1) is 9.95. The van der Waals surface area contributed by atoms with E-state index in [1.807, 2.05) is 0 Å². The Balaban J connectivity index is 2.27.